The molecule has 3 nitrogen and oxygen atoms in total. The molecule has 0 amide bonds. The number of aryl methyl sites for hydroxylation is 3. The van der Waals surface area contributed by atoms with Gasteiger partial charge in [-0.25, -0.2) is 0 Å². The van der Waals surface area contributed by atoms with Crippen LogP contribution in [0, 0.1) is 13.8 Å². The van der Waals surface area contributed by atoms with Crippen LogP contribution >= 0.6 is 0 Å². The highest BCUT2D eigenvalue weighted by Crippen LogP contribution is 2.21. The number of carboxylic acid groups (broad SMARTS) is 1. The normalized spacial score (nSPS) is 10.4. The highest BCUT2D eigenvalue weighted by atomic mass is 16.5. The van der Waals surface area contributed by atoms with Crippen LogP contribution in [0.4, 0.5) is 0 Å². The molecule has 0 fully saturated rings. The number of rotatable bonds is 6. The molecule has 0 radical (unpaired) electrons. The van der Waals surface area contributed by atoms with Crippen LogP contribution in [0.15, 0.2) is 42.5 Å². The van der Waals surface area contributed by atoms with Gasteiger partial charge in [-0.15, -0.1) is 0 Å². The summed E-state index contributed by atoms with van der Waals surface area (Å²) in [6.45, 7) is 4.60. The maximum absolute atomic E-state index is 10.6. The molecule has 0 aliphatic heterocycles. The van der Waals surface area contributed by atoms with E-state index in [1.165, 1.54) is 11.1 Å². The van der Waals surface area contributed by atoms with E-state index >= 15 is 0 Å². The van der Waals surface area contributed by atoms with Gasteiger partial charge in [0.2, 0.25) is 0 Å². The van der Waals surface area contributed by atoms with E-state index in [9.17, 15) is 4.79 Å². The van der Waals surface area contributed by atoms with E-state index in [2.05, 4.69) is 19.1 Å². The summed E-state index contributed by atoms with van der Waals surface area (Å²) >= 11 is 0. The minimum Gasteiger partial charge on any atom is -0.489 e. The molecule has 0 bridgehead atoms. The fraction of sp³-hybridized carbons (Fsp3) is 0.278. The minimum absolute atomic E-state index is 0.156. The van der Waals surface area contributed by atoms with Crippen molar-refractivity contribution in [3.05, 3.63) is 64.7 Å². The number of hydrogen-bond acceptors (Lipinski definition) is 2. The van der Waals surface area contributed by atoms with Crippen molar-refractivity contribution < 1.29 is 14.6 Å². The van der Waals surface area contributed by atoms with E-state index < -0.39 is 5.97 Å². The molecule has 0 spiro atoms. The summed E-state index contributed by atoms with van der Waals surface area (Å²) in [6.07, 6.45) is 0.705. The molecule has 0 heterocycles. The molecule has 0 aromatic heterocycles. The fourth-order valence-electron chi connectivity index (χ4n) is 2.21. The number of aliphatic carboxylic acids is 1. The fourth-order valence-corrected chi connectivity index (χ4v) is 2.21. The van der Waals surface area contributed by atoms with E-state index in [4.69, 9.17) is 9.84 Å². The zero-order valence-electron chi connectivity index (χ0n) is 12.4. The van der Waals surface area contributed by atoms with Gasteiger partial charge < -0.3 is 9.84 Å². The van der Waals surface area contributed by atoms with Gasteiger partial charge in [0.05, 0.1) is 0 Å². The second-order valence-corrected chi connectivity index (χ2v) is 5.21. The Kier molecular flexibility index (Phi) is 4.99. The molecule has 3 heteroatoms. The Morgan fingerprint density at radius 1 is 1.10 bits per heavy atom. The molecular formula is C18H20O3. The average molecular weight is 284 g/mol. The second-order valence-electron chi connectivity index (χ2n) is 5.21. The van der Waals surface area contributed by atoms with Crippen LogP contribution in [0.3, 0.4) is 0 Å². The molecule has 110 valence electrons. The van der Waals surface area contributed by atoms with E-state index in [1.54, 1.807) is 0 Å². The molecule has 2 aromatic rings. The predicted octanol–water partition coefficient (Wildman–Crippen LogP) is 3.90. The zero-order valence-corrected chi connectivity index (χ0v) is 12.4. The molecule has 1 N–H and O–H groups in total. The number of hydrogen-bond donors (Lipinski definition) is 1. The van der Waals surface area contributed by atoms with Gasteiger partial charge in [-0.2, -0.15) is 0 Å². The van der Waals surface area contributed by atoms with Gasteiger partial charge in [-0.1, -0.05) is 36.4 Å². The number of carbonyl (C=O) groups is 1. The first-order valence-corrected chi connectivity index (χ1v) is 7.05. The van der Waals surface area contributed by atoms with Gasteiger partial charge in [0.15, 0.2) is 0 Å². The van der Waals surface area contributed by atoms with Gasteiger partial charge in [-0.05, 0) is 48.6 Å². The Hall–Kier alpha value is -2.29. The lowest BCUT2D eigenvalue weighted by molar-refractivity contribution is -0.136. The molecule has 0 aliphatic carbocycles. The lowest BCUT2D eigenvalue weighted by atomic mass is 10.1. The summed E-state index contributed by atoms with van der Waals surface area (Å²) in [6, 6.07) is 14.0. The SMILES string of the molecule is Cc1ccccc1COc1ccc(CCC(=O)O)cc1C. The van der Waals surface area contributed by atoms with Crippen molar-refractivity contribution in [2.75, 3.05) is 0 Å². The van der Waals surface area contributed by atoms with E-state index in [-0.39, 0.29) is 6.42 Å². The minimum atomic E-state index is -0.771. The summed E-state index contributed by atoms with van der Waals surface area (Å²) in [5.41, 5.74) is 4.45. The number of benzene rings is 2. The van der Waals surface area contributed by atoms with Gasteiger partial charge in [0.1, 0.15) is 12.4 Å². The summed E-state index contributed by atoms with van der Waals surface area (Å²) in [4.78, 5) is 10.6. The highest BCUT2D eigenvalue weighted by Gasteiger charge is 2.05. The van der Waals surface area contributed by atoms with Gasteiger partial charge in [0.25, 0.3) is 0 Å². The zero-order chi connectivity index (χ0) is 15.2. The van der Waals surface area contributed by atoms with E-state index in [1.807, 2.05) is 37.3 Å². The van der Waals surface area contributed by atoms with Gasteiger partial charge in [0, 0.05) is 6.42 Å². The molecule has 0 saturated heterocycles. The van der Waals surface area contributed by atoms with Crippen LogP contribution in [0.5, 0.6) is 5.75 Å². The third-order valence-corrected chi connectivity index (χ3v) is 3.51. The van der Waals surface area contributed by atoms with Crippen molar-refractivity contribution in [1.29, 1.82) is 0 Å². The van der Waals surface area contributed by atoms with Crippen molar-refractivity contribution in [1.82, 2.24) is 0 Å². The Morgan fingerprint density at radius 2 is 1.86 bits per heavy atom. The first-order valence-electron chi connectivity index (χ1n) is 7.05. The molecule has 2 aromatic carbocycles. The summed E-state index contributed by atoms with van der Waals surface area (Å²) in [7, 11) is 0. The molecule has 0 saturated carbocycles. The quantitative estimate of drug-likeness (QED) is 0.875. The predicted molar refractivity (Wildman–Crippen MR) is 82.6 cm³/mol. The van der Waals surface area contributed by atoms with Crippen LogP contribution in [-0.2, 0) is 17.8 Å². The first kappa shape index (κ1) is 15.1. The van der Waals surface area contributed by atoms with Crippen molar-refractivity contribution in [3.63, 3.8) is 0 Å². The molecule has 0 aliphatic rings. The summed E-state index contributed by atoms with van der Waals surface area (Å²) in [5, 5.41) is 8.71. The van der Waals surface area contributed by atoms with Gasteiger partial charge >= 0.3 is 5.97 Å². The third-order valence-electron chi connectivity index (χ3n) is 3.51. The Bertz CT molecular complexity index is 632. The van der Waals surface area contributed by atoms with Crippen molar-refractivity contribution in [2.24, 2.45) is 0 Å². The highest BCUT2D eigenvalue weighted by molar-refractivity contribution is 5.67. The molecule has 0 atom stereocenters. The monoisotopic (exact) mass is 284 g/mol. The van der Waals surface area contributed by atoms with E-state index in [0.29, 0.717) is 13.0 Å². The Balaban J connectivity index is 2.01. The smallest absolute Gasteiger partial charge is 0.303 e. The molecule has 21 heavy (non-hydrogen) atoms. The van der Waals surface area contributed by atoms with Crippen LogP contribution in [0.25, 0.3) is 0 Å². The van der Waals surface area contributed by atoms with Crippen molar-refractivity contribution >= 4 is 5.97 Å². The molecular weight excluding hydrogens is 264 g/mol. The van der Waals surface area contributed by atoms with Crippen molar-refractivity contribution in [2.45, 2.75) is 33.3 Å². The summed E-state index contributed by atoms with van der Waals surface area (Å²) in [5.74, 6) is 0.0739. The Morgan fingerprint density at radius 3 is 2.52 bits per heavy atom. The third kappa shape index (κ3) is 4.35. The lowest BCUT2D eigenvalue weighted by Gasteiger charge is -2.12. The largest absolute Gasteiger partial charge is 0.489 e. The standard InChI is InChI=1S/C18H20O3/c1-13-5-3-4-6-16(13)12-21-17-9-7-15(11-14(17)2)8-10-18(19)20/h3-7,9,11H,8,10,12H2,1-2H3,(H,19,20). The lowest BCUT2D eigenvalue weighted by Crippen LogP contribution is -2.01. The summed E-state index contributed by atoms with van der Waals surface area (Å²) < 4.78 is 5.87. The average Bonchev–Trinajstić information content (AvgIpc) is 2.45. The first-order chi connectivity index (χ1) is 10.1. The maximum atomic E-state index is 10.6. The topological polar surface area (TPSA) is 46.5 Å². The Labute approximate surface area is 125 Å². The van der Waals surface area contributed by atoms with Crippen LogP contribution < -0.4 is 4.74 Å². The van der Waals surface area contributed by atoms with Crippen LogP contribution in [0.1, 0.15) is 28.7 Å². The van der Waals surface area contributed by atoms with E-state index in [0.717, 1.165) is 16.9 Å². The van der Waals surface area contributed by atoms with Crippen molar-refractivity contribution in [3.8, 4) is 5.75 Å². The molecule has 0 unspecified atom stereocenters. The number of carboxylic acids is 1. The maximum Gasteiger partial charge on any atom is 0.303 e. The molecule has 2 rings (SSSR count). The van der Waals surface area contributed by atoms with Crippen LogP contribution in [-0.4, -0.2) is 11.1 Å². The number of ether oxygens (including phenoxy) is 1. The van der Waals surface area contributed by atoms with Gasteiger partial charge in [-0.3, -0.25) is 4.79 Å². The van der Waals surface area contributed by atoms with Crippen LogP contribution in [0.2, 0.25) is 0 Å². The second kappa shape index (κ2) is 6.93.